The Morgan fingerprint density at radius 2 is 1.82 bits per heavy atom. The van der Waals surface area contributed by atoms with Crippen LogP contribution < -0.4 is 11.4 Å². The van der Waals surface area contributed by atoms with E-state index in [2.05, 4.69) is 18.1 Å². The molecule has 0 amide bonds. The molecule has 0 spiro atoms. The Morgan fingerprint density at radius 3 is 2.30 bits per heavy atom. The number of anilines is 1. The van der Waals surface area contributed by atoms with Crippen LogP contribution in [0.1, 0.15) is 20.1 Å². The zero-order chi connectivity index (χ0) is 25.6. The maximum atomic E-state index is 13.8. The number of nitrogens with zero attached hydrogens (tertiary/aromatic N) is 2. The van der Waals surface area contributed by atoms with E-state index in [1.807, 2.05) is 0 Å². The van der Waals surface area contributed by atoms with Crippen LogP contribution in [0, 0.1) is 0 Å². The highest BCUT2D eigenvalue weighted by atomic mass is 31.3. The summed E-state index contributed by atoms with van der Waals surface area (Å²) in [5.41, 5.74) is -0.788. The number of ether oxygens (including phenoxy) is 1. The van der Waals surface area contributed by atoms with Gasteiger partial charge in [0.1, 0.15) is 30.3 Å². The van der Waals surface area contributed by atoms with Crippen LogP contribution >= 0.6 is 23.5 Å². The molecule has 8 N–H and O–H groups in total. The number of hydrogen-bond donors (Lipinski definition) is 7. The van der Waals surface area contributed by atoms with E-state index in [1.165, 1.54) is 0 Å². The Labute approximate surface area is 184 Å². The Kier molecular flexibility index (Phi) is 7.82. The van der Waals surface area contributed by atoms with Gasteiger partial charge in [0.15, 0.2) is 11.8 Å². The molecule has 2 heterocycles. The van der Waals surface area contributed by atoms with Crippen molar-refractivity contribution < 1.29 is 65.8 Å². The van der Waals surface area contributed by atoms with Crippen molar-refractivity contribution >= 4 is 29.3 Å². The molecule has 0 aromatic carbocycles. The third-order valence-electron chi connectivity index (χ3n) is 4.27. The fourth-order valence-corrected chi connectivity index (χ4v) is 6.32. The minimum atomic E-state index is -5.85. The molecule has 0 bridgehead atoms. The molecule has 1 aromatic heterocycles. The minimum Gasteiger partial charge on any atom is -0.387 e. The lowest BCUT2D eigenvalue weighted by Crippen LogP contribution is -2.53. The summed E-state index contributed by atoms with van der Waals surface area (Å²) < 4.78 is 66.0. The predicted octanol–water partition coefficient (Wildman–Crippen LogP) is -1.09. The van der Waals surface area contributed by atoms with Crippen LogP contribution in [0.2, 0.25) is 0 Å². The van der Waals surface area contributed by atoms with Gasteiger partial charge in [0.25, 0.3) is 0 Å². The van der Waals surface area contributed by atoms with E-state index < -0.39 is 65.5 Å². The average Bonchev–Trinajstić information content (AvgIpc) is 2.83. The molecule has 0 radical (unpaired) electrons. The molecule has 17 nitrogen and oxygen atoms in total. The number of aliphatic hydroxyl groups is 2. The van der Waals surface area contributed by atoms with E-state index in [1.54, 1.807) is 0 Å². The molecule has 190 valence electrons. The van der Waals surface area contributed by atoms with Crippen molar-refractivity contribution in [3.8, 4) is 0 Å². The molecule has 6 atom stereocenters. The molecule has 1 fully saturated rings. The van der Waals surface area contributed by atoms with Gasteiger partial charge in [-0.05, 0) is 19.9 Å². The highest BCUT2D eigenvalue weighted by Gasteiger charge is 2.62. The maximum absolute atomic E-state index is 13.8. The Hall–Kier alpha value is -1.10. The molecule has 1 aliphatic rings. The molecule has 21 heteroatoms. The minimum absolute atomic E-state index is 0.219. The van der Waals surface area contributed by atoms with Crippen LogP contribution in [0.5, 0.6) is 0 Å². The Balaban J connectivity index is 2.34. The number of nitrogen functional groups attached to an aromatic ring is 1. The topological polar surface area (TPSA) is 270 Å². The fraction of sp³-hybridized carbons (Fsp3) is 0.667. The molecule has 1 aliphatic heterocycles. The lowest BCUT2D eigenvalue weighted by atomic mass is 9.88. The van der Waals surface area contributed by atoms with Crippen LogP contribution in [-0.2, 0) is 31.6 Å². The van der Waals surface area contributed by atoms with Gasteiger partial charge in [0.2, 0.25) is 0 Å². The summed E-state index contributed by atoms with van der Waals surface area (Å²) in [5, 5.41) is 21.1. The number of halogens is 1. The number of aromatic nitrogens is 2. The van der Waals surface area contributed by atoms with Crippen molar-refractivity contribution in [2.24, 2.45) is 0 Å². The number of alkyl halides is 1. The molecule has 0 aliphatic carbocycles. The number of phosphoric ester groups is 1. The maximum Gasteiger partial charge on any atom is 0.490 e. The van der Waals surface area contributed by atoms with Gasteiger partial charge in [-0.3, -0.25) is 9.09 Å². The first-order valence-electron chi connectivity index (χ1n) is 8.54. The zero-order valence-corrected chi connectivity index (χ0v) is 19.4. The van der Waals surface area contributed by atoms with Gasteiger partial charge in [-0.25, -0.2) is 22.9 Å². The fourth-order valence-electron chi connectivity index (χ4n) is 2.98. The van der Waals surface area contributed by atoms with Crippen molar-refractivity contribution in [3.05, 3.63) is 22.7 Å². The summed E-state index contributed by atoms with van der Waals surface area (Å²) in [5.74, 6) is -0.219. The second-order valence-corrected chi connectivity index (χ2v) is 11.7. The van der Waals surface area contributed by atoms with Crippen LogP contribution in [0.25, 0.3) is 0 Å². The Morgan fingerprint density at radius 1 is 1.24 bits per heavy atom. The monoisotopic (exact) mass is 543 g/mol. The van der Waals surface area contributed by atoms with Crippen molar-refractivity contribution in [2.75, 3.05) is 12.4 Å². The standard InChI is InChI=1S/C12H21FN3O14P3/c1-11(2,28-32(23,24)30-33(25,26)29-31(20,21)22)8-7(17)12(19,5-13)9(27-8)16-4-3-6(14)15-10(16)18/h3-4,7-9,17,19H,5H2,1-2H3,(H,23,24)(H,25,26)(H2,14,15,18)(H2,20,21,22)/t7?,8-,9+,12+/m0/s1. The van der Waals surface area contributed by atoms with Gasteiger partial charge in [-0.2, -0.15) is 13.6 Å². The lowest BCUT2D eigenvalue weighted by molar-refractivity contribution is -0.129. The summed E-state index contributed by atoms with van der Waals surface area (Å²) in [6.07, 6.45) is -5.08. The van der Waals surface area contributed by atoms with Crippen LogP contribution in [0.4, 0.5) is 10.2 Å². The van der Waals surface area contributed by atoms with Crippen LogP contribution in [-0.4, -0.2) is 69.4 Å². The number of phosphoric acid groups is 3. The molecule has 33 heavy (non-hydrogen) atoms. The summed E-state index contributed by atoms with van der Waals surface area (Å²) >= 11 is 0. The second-order valence-electron chi connectivity index (χ2n) is 7.31. The van der Waals surface area contributed by atoms with E-state index >= 15 is 0 Å². The summed E-state index contributed by atoms with van der Waals surface area (Å²) in [6.45, 7) is 0.214. The zero-order valence-electron chi connectivity index (χ0n) is 16.7. The molecule has 1 aromatic rings. The molecule has 1 saturated heterocycles. The third-order valence-corrected chi connectivity index (χ3v) is 8.30. The summed E-state index contributed by atoms with van der Waals surface area (Å²) in [4.78, 5) is 51.6. The van der Waals surface area contributed by atoms with Crippen molar-refractivity contribution in [1.82, 2.24) is 9.55 Å². The first kappa shape index (κ1) is 28.1. The normalized spacial score (nSPS) is 30.0. The lowest BCUT2D eigenvalue weighted by Gasteiger charge is -2.34. The molecular formula is C12H21FN3O14P3. The molecule has 2 rings (SSSR count). The van der Waals surface area contributed by atoms with Crippen molar-refractivity contribution in [1.29, 1.82) is 0 Å². The average molecular weight is 543 g/mol. The second kappa shape index (κ2) is 9.17. The molecular weight excluding hydrogens is 522 g/mol. The number of rotatable bonds is 9. The van der Waals surface area contributed by atoms with E-state index in [0.29, 0.717) is 4.57 Å². The highest BCUT2D eigenvalue weighted by molar-refractivity contribution is 7.66. The van der Waals surface area contributed by atoms with Gasteiger partial charge in [0, 0.05) is 6.20 Å². The van der Waals surface area contributed by atoms with Gasteiger partial charge in [-0.1, -0.05) is 0 Å². The SMILES string of the molecule is CC(C)(OP(=O)(O)OP(=O)(O)OP(=O)(O)O)[C@H]1O[C@@H](n2ccc(N)nc2=O)[C@@](O)(CF)C1O. The van der Waals surface area contributed by atoms with E-state index in [-0.39, 0.29) is 5.82 Å². The van der Waals surface area contributed by atoms with Crippen molar-refractivity contribution in [3.63, 3.8) is 0 Å². The van der Waals surface area contributed by atoms with Gasteiger partial charge in [0.05, 0.1) is 0 Å². The van der Waals surface area contributed by atoms with Gasteiger partial charge < -0.3 is 40.3 Å². The summed E-state index contributed by atoms with van der Waals surface area (Å²) in [7, 11) is -17.2. The van der Waals surface area contributed by atoms with Crippen molar-refractivity contribution in [2.45, 2.75) is 43.5 Å². The van der Waals surface area contributed by atoms with E-state index in [0.717, 1.165) is 26.1 Å². The van der Waals surface area contributed by atoms with Gasteiger partial charge >= 0.3 is 29.2 Å². The van der Waals surface area contributed by atoms with Crippen LogP contribution in [0.15, 0.2) is 17.1 Å². The molecule has 3 unspecified atom stereocenters. The molecule has 0 saturated carbocycles. The summed E-state index contributed by atoms with van der Waals surface area (Å²) in [6, 6.07) is 1.10. The number of nitrogens with two attached hydrogens (primary N) is 1. The number of aliphatic hydroxyl groups excluding tert-OH is 1. The van der Waals surface area contributed by atoms with E-state index in [4.69, 9.17) is 20.3 Å². The van der Waals surface area contributed by atoms with Gasteiger partial charge in [-0.15, -0.1) is 0 Å². The predicted molar refractivity (Wildman–Crippen MR) is 103 cm³/mol. The Bertz CT molecular complexity index is 1090. The highest BCUT2D eigenvalue weighted by Crippen LogP contribution is 2.67. The smallest absolute Gasteiger partial charge is 0.387 e. The first-order valence-corrected chi connectivity index (χ1v) is 13.1. The van der Waals surface area contributed by atoms with E-state index in [9.17, 15) is 42.9 Å². The first-order chi connectivity index (χ1) is 14.7. The van der Waals surface area contributed by atoms with Crippen LogP contribution in [0.3, 0.4) is 0 Å². The largest absolute Gasteiger partial charge is 0.490 e. The third kappa shape index (κ3) is 6.52. The number of hydrogen-bond acceptors (Lipinski definition) is 12. The quantitative estimate of drug-likeness (QED) is 0.182.